The van der Waals surface area contributed by atoms with Crippen LogP contribution in [-0.2, 0) is 5.41 Å². The molecule has 4 heteroatoms. The standard InChI is InChI=1S/C18H27ClN2O/c1-18(2,14-9-11-15(19)12-10-14)13-20-17(22)21-16-7-5-3-4-6-8-16/h9-12,16H,3-8,13H2,1-2H3,(H2,20,21,22). The van der Waals surface area contributed by atoms with Gasteiger partial charge in [0.05, 0.1) is 0 Å². The number of amides is 2. The minimum atomic E-state index is -0.120. The first-order chi connectivity index (χ1) is 10.5. The fourth-order valence-corrected chi connectivity index (χ4v) is 3.09. The Morgan fingerprint density at radius 3 is 2.32 bits per heavy atom. The van der Waals surface area contributed by atoms with E-state index in [1.165, 1.54) is 31.2 Å². The Balaban J connectivity index is 1.82. The molecule has 0 unspecified atom stereocenters. The number of hydrogen-bond donors (Lipinski definition) is 2. The molecule has 0 aromatic heterocycles. The van der Waals surface area contributed by atoms with Crippen molar-refractivity contribution in [1.29, 1.82) is 0 Å². The first-order valence-electron chi connectivity index (χ1n) is 8.28. The average Bonchev–Trinajstić information content (AvgIpc) is 2.74. The van der Waals surface area contributed by atoms with Crippen LogP contribution in [0.2, 0.25) is 5.02 Å². The Labute approximate surface area is 138 Å². The summed E-state index contributed by atoms with van der Waals surface area (Å²) in [7, 11) is 0. The van der Waals surface area contributed by atoms with E-state index in [-0.39, 0.29) is 11.4 Å². The second-order valence-corrected chi connectivity index (χ2v) is 7.34. The van der Waals surface area contributed by atoms with E-state index in [2.05, 4.69) is 24.5 Å². The summed E-state index contributed by atoms with van der Waals surface area (Å²) in [4.78, 5) is 12.1. The monoisotopic (exact) mass is 322 g/mol. The molecule has 22 heavy (non-hydrogen) atoms. The SMILES string of the molecule is CC(C)(CNC(=O)NC1CCCCCC1)c1ccc(Cl)cc1. The summed E-state index contributed by atoms with van der Waals surface area (Å²) in [5.41, 5.74) is 1.05. The molecule has 1 aromatic carbocycles. The van der Waals surface area contributed by atoms with Gasteiger partial charge in [0.1, 0.15) is 0 Å². The molecule has 2 N–H and O–H groups in total. The number of halogens is 1. The predicted octanol–water partition coefficient (Wildman–Crippen LogP) is 4.64. The number of rotatable bonds is 4. The molecule has 0 bridgehead atoms. The van der Waals surface area contributed by atoms with Crippen molar-refractivity contribution in [3.63, 3.8) is 0 Å². The first kappa shape index (κ1) is 17.1. The van der Waals surface area contributed by atoms with Crippen LogP contribution in [0.15, 0.2) is 24.3 Å². The van der Waals surface area contributed by atoms with Crippen LogP contribution in [0.1, 0.15) is 57.9 Å². The Hall–Kier alpha value is -1.22. The first-order valence-corrected chi connectivity index (χ1v) is 8.65. The Morgan fingerprint density at radius 2 is 1.73 bits per heavy atom. The minimum Gasteiger partial charge on any atom is -0.337 e. The van der Waals surface area contributed by atoms with Gasteiger partial charge in [0.2, 0.25) is 0 Å². The molecule has 0 aliphatic heterocycles. The predicted molar refractivity (Wildman–Crippen MR) is 92.5 cm³/mol. The van der Waals surface area contributed by atoms with Crippen molar-refractivity contribution in [1.82, 2.24) is 10.6 Å². The summed E-state index contributed by atoms with van der Waals surface area (Å²) in [6.07, 6.45) is 7.25. The van der Waals surface area contributed by atoms with E-state index in [1.807, 2.05) is 24.3 Å². The zero-order valence-electron chi connectivity index (χ0n) is 13.6. The molecule has 1 fully saturated rings. The molecule has 1 aliphatic rings. The quantitative estimate of drug-likeness (QED) is 0.779. The van der Waals surface area contributed by atoms with E-state index in [0.29, 0.717) is 12.6 Å². The number of carbonyl (C=O) groups is 1. The third-order valence-electron chi connectivity index (χ3n) is 4.51. The minimum absolute atomic E-state index is 0.0473. The summed E-state index contributed by atoms with van der Waals surface area (Å²) in [5, 5.41) is 6.88. The summed E-state index contributed by atoms with van der Waals surface area (Å²) < 4.78 is 0. The highest BCUT2D eigenvalue weighted by molar-refractivity contribution is 6.30. The molecule has 2 rings (SSSR count). The van der Waals surface area contributed by atoms with Crippen molar-refractivity contribution >= 4 is 17.6 Å². The van der Waals surface area contributed by atoms with Crippen LogP contribution in [0.25, 0.3) is 0 Å². The second kappa shape index (κ2) is 7.87. The lowest BCUT2D eigenvalue weighted by Gasteiger charge is -2.26. The molecular weight excluding hydrogens is 296 g/mol. The van der Waals surface area contributed by atoms with Gasteiger partial charge in [0.25, 0.3) is 0 Å². The van der Waals surface area contributed by atoms with Crippen molar-refractivity contribution < 1.29 is 4.79 Å². The van der Waals surface area contributed by atoms with E-state index >= 15 is 0 Å². The summed E-state index contributed by atoms with van der Waals surface area (Å²) >= 11 is 5.93. The van der Waals surface area contributed by atoms with E-state index in [9.17, 15) is 4.79 Å². The fourth-order valence-electron chi connectivity index (χ4n) is 2.96. The van der Waals surface area contributed by atoms with Crippen molar-refractivity contribution in [3.05, 3.63) is 34.9 Å². The third-order valence-corrected chi connectivity index (χ3v) is 4.76. The number of hydrogen-bond acceptors (Lipinski definition) is 1. The highest BCUT2D eigenvalue weighted by Crippen LogP contribution is 2.24. The van der Waals surface area contributed by atoms with Crippen molar-refractivity contribution in [2.45, 2.75) is 63.8 Å². The van der Waals surface area contributed by atoms with E-state index in [0.717, 1.165) is 17.9 Å². The summed E-state index contributed by atoms with van der Waals surface area (Å²) in [5.74, 6) is 0. The van der Waals surface area contributed by atoms with Crippen LogP contribution < -0.4 is 10.6 Å². The molecule has 1 saturated carbocycles. The normalized spacial score (nSPS) is 16.9. The van der Waals surface area contributed by atoms with E-state index in [4.69, 9.17) is 11.6 Å². The zero-order valence-corrected chi connectivity index (χ0v) is 14.4. The molecule has 1 aliphatic carbocycles. The van der Waals surface area contributed by atoms with Crippen molar-refractivity contribution in [3.8, 4) is 0 Å². The average molecular weight is 323 g/mol. The van der Waals surface area contributed by atoms with Gasteiger partial charge in [-0.2, -0.15) is 0 Å². The van der Waals surface area contributed by atoms with Gasteiger partial charge in [-0.05, 0) is 30.5 Å². The van der Waals surface area contributed by atoms with Gasteiger partial charge in [0, 0.05) is 23.0 Å². The Kier molecular flexibility index (Phi) is 6.13. The highest BCUT2D eigenvalue weighted by Gasteiger charge is 2.22. The topological polar surface area (TPSA) is 41.1 Å². The van der Waals surface area contributed by atoms with Gasteiger partial charge in [-0.15, -0.1) is 0 Å². The van der Waals surface area contributed by atoms with Gasteiger partial charge < -0.3 is 10.6 Å². The molecule has 2 amide bonds. The van der Waals surface area contributed by atoms with Crippen LogP contribution in [0, 0.1) is 0 Å². The van der Waals surface area contributed by atoms with Crippen LogP contribution in [0.3, 0.4) is 0 Å². The number of benzene rings is 1. The van der Waals surface area contributed by atoms with Crippen molar-refractivity contribution in [2.75, 3.05) is 6.54 Å². The van der Waals surface area contributed by atoms with Gasteiger partial charge in [-0.3, -0.25) is 0 Å². The zero-order chi connectivity index (χ0) is 16.0. The molecule has 0 spiro atoms. The van der Waals surface area contributed by atoms with Crippen LogP contribution in [0.4, 0.5) is 4.79 Å². The smallest absolute Gasteiger partial charge is 0.315 e. The lowest BCUT2D eigenvalue weighted by Crippen LogP contribution is -2.45. The van der Waals surface area contributed by atoms with Crippen LogP contribution >= 0.6 is 11.6 Å². The maximum Gasteiger partial charge on any atom is 0.315 e. The molecule has 0 saturated heterocycles. The molecule has 0 radical (unpaired) electrons. The third kappa shape index (κ3) is 5.20. The maximum absolute atomic E-state index is 12.1. The van der Waals surface area contributed by atoms with Gasteiger partial charge in [0.15, 0.2) is 0 Å². The van der Waals surface area contributed by atoms with Crippen molar-refractivity contribution in [2.24, 2.45) is 0 Å². The van der Waals surface area contributed by atoms with Gasteiger partial charge >= 0.3 is 6.03 Å². The van der Waals surface area contributed by atoms with Crippen LogP contribution in [-0.4, -0.2) is 18.6 Å². The molecule has 1 aromatic rings. The lowest BCUT2D eigenvalue weighted by atomic mass is 9.85. The van der Waals surface area contributed by atoms with Gasteiger partial charge in [-0.25, -0.2) is 4.79 Å². The molecule has 0 atom stereocenters. The number of carbonyl (C=O) groups excluding carboxylic acids is 1. The number of nitrogens with one attached hydrogen (secondary N) is 2. The van der Waals surface area contributed by atoms with E-state index < -0.39 is 0 Å². The number of urea groups is 1. The van der Waals surface area contributed by atoms with Crippen LogP contribution in [0.5, 0.6) is 0 Å². The molecule has 0 heterocycles. The lowest BCUT2D eigenvalue weighted by molar-refractivity contribution is 0.233. The summed E-state index contributed by atoms with van der Waals surface area (Å²) in [6, 6.07) is 8.12. The second-order valence-electron chi connectivity index (χ2n) is 6.91. The molecule has 122 valence electrons. The Bertz CT molecular complexity index is 476. The van der Waals surface area contributed by atoms with Gasteiger partial charge in [-0.1, -0.05) is 63.3 Å². The highest BCUT2D eigenvalue weighted by atomic mass is 35.5. The van der Waals surface area contributed by atoms with E-state index in [1.54, 1.807) is 0 Å². The summed E-state index contributed by atoms with van der Waals surface area (Å²) in [6.45, 7) is 4.86. The largest absolute Gasteiger partial charge is 0.337 e. The Morgan fingerprint density at radius 1 is 1.14 bits per heavy atom. The fraction of sp³-hybridized carbons (Fsp3) is 0.611. The molecule has 3 nitrogen and oxygen atoms in total. The maximum atomic E-state index is 12.1. The molecular formula is C18H27ClN2O.